The number of sulfone groups is 1. The second-order valence-corrected chi connectivity index (χ2v) is 7.71. The third-order valence-electron chi connectivity index (χ3n) is 3.86. The molecule has 0 aromatic carbocycles. The summed E-state index contributed by atoms with van der Waals surface area (Å²) in [6.07, 6.45) is 1.03. The molecular formula is C11H21NO4S. The number of hydrogen-bond acceptors (Lipinski definition) is 5. The van der Waals surface area contributed by atoms with E-state index in [9.17, 15) is 13.2 Å². The number of methoxy groups -OCH3 is 1. The molecule has 1 rings (SSSR count). The maximum Gasteiger partial charge on any atom is 0.306 e. The number of carbonyl (C=O) groups excluding carboxylic acids is 1. The molecule has 1 saturated heterocycles. The fourth-order valence-electron chi connectivity index (χ4n) is 2.33. The van der Waals surface area contributed by atoms with Gasteiger partial charge in [0.2, 0.25) is 0 Å². The Bertz CT molecular complexity index is 380. The normalized spacial score (nSPS) is 23.1. The Morgan fingerprint density at radius 3 is 2.18 bits per heavy atom. The third kappa shape index (κ3) is 3.19. The SMILES string of the molecule is COC(=O)CC1(C(C)(C)N)CCS(=O)(=O)CC1. The highest BCUT2D eigenvalue weighted by molar-refractivity contribution is 7.91. The number of hydrogen-bond donors (Lipinski definition) is 1. The molecule has 6 heteroatoms. The summed E-state index contributed by atoms with van der Waals surface area (Å²) in [5.74, 6) is -0.127. The third-order valence-corrected chi connectivity index (χ3v) is 5.51. The van der Waals surface area contributed by atoms with Crippen LogP contribution in [0.3, 0.4) is 0 Å². The van der Waals surface area contributed by atoms with Gasteiger partial charge in [-0.3, -0.25) is 4.79 Å². The lowest BCUT2D eigenvalue weighted by molar-refractivity contribution is -0.145. The van der Waals surface area contributed by atoms with E-state index in [-0.39, 0.29) is 23.9 Å². The van der Waals surface area contributed by atoms with Crippen LogP contribution < -0.4 is 5.73 Å². The van der Waals surface area contributed by atoms with Crippen LogP contribution in [0.4, 0.5) is 0 Å². The second-order valence-electron chi connectivity index (χ2n) is 5.41. The summed E-state index contributed by atoms with van der Waals surface area (Å²) in [7, 11) is -1.63. The molecule has 0 aliphatic carbocycles. The van der Waals surface area contributed by atoms with Crippen molar-refractivity contribution >= 4 is 15.8 Å². The predicted molar refractivity (Wildman–Crippen MR) is 65.2 cm³/mol. The Balaban J connectivity index is 2.94. The number of ether oxygens (including phenoxy) is 1. The first-order valence-corrected chi connectivity index (χ1v) is 7.50. The molecule has 0 atom stereocenters. The van der Waals surface area contributed by atoms with E-state index in [0.29, 0.717) is 12.8 Å². The van der Waals surface area contributed by atoms with Crippen molar-refractivity contribution in [3.8, 4) is 0 Å². The molecule has 1 heterocycles. The average Bonchev–Trinajstić information content (AvgIpc) is 2.19. The summed E-state index contributed by atoms with van der Waals surface area (Å²) in [6.45, 7) is 3.68. The predicted octanol–water partition coefficient (Wildman–Crippen LogP) is 0.482. The van der Waals surface area contributed by atoms with Crippen molar-refractivity contribution in [2.24, 2.45) is 11.1 Å². The highest BCUT2D eigenvalue weighted by Gasteiger charge is 2.47. The second kappa shape index (κ2) is 4.57. The number of rotatable bonds is 3. The molecule has 0 unspecified atom stereocenters. The zero-order chi connectivity index (χ0) is 13.3. The van der Waals surface area contributed by atoms with E-state index in [2.05, 4.69) is 4.74 Å². The van der Waals surface area contributed by atoms with Crippen LogP contribution in [-0.4, -0.2) is 38.5 Å². The van der Waals surface area contributed by atoms with Crippen LogP contribution in [0, 0.1) is 5.41 Å². The maximum absolute atomic E-state index is 11.5. The van der Waals surface area contributed by atoms with Crippen molar-refractivity contribution in [3.05, 3.63) is 0 Å². The molecule has 1 fully saturated rings. The fraction of sp³-hybridized carbons (Fsp3) is 0.909. The van der Waals surface area contributed by atoms with Crippen molar-refractivity contribution in [1.29, 1.82) is 0 Å². The summed E-state index contributed by atoms with van der Waals surface area (Å²) in [4.78, 5) is 11.5. The van der Waals surface area contributed by atoms with Crippen LogP contribution in [0.5, 0.6) is 0 Å². The van der Waals surface area contributed by atoms with Crippen molar-refractivity contribution in [2.75, 3.05) is 18.6 Å². The summed E-state index contributed by atoms with van der Waals surface area (Å²) < 4.78 is 27.6. The first-order valence-electron chi connectivity index (χ1n) is 5.68. The first kappa shape index (κ1) is 14.4. The van der Waals surface area contributed by atoms with Gasteiger partial charge in [-0.25, -0.2) is 8.42 Å². The van der Waals surface area contributed by atoms with Crippen molar-refractivity contribution < 1.29 is 17.9 Å². The highest BCUT2D eigenvalue weighted by atomic mass is 32.2. The molecule has 0 radical (unpaired) electrons. The molecule has 17 heavy (non-hydrogen) atoms. The van der Waals surface area contributed by atoms with Crippen molar-refractivity contribution in [2.45, 2.75) is 38.6 Å². The van der Waals surface area contributed by atoms with Gasteiger partial charge in [-0.2, -0.15) is 0 Å². The Hall–Kier alpha value is -0.620. The average molecular weight is 263 g/mol. The van der Waals surface area contributed by atoms with Gasteiger partial charge in [-0.15, -0.1) is 0 Å². The van der Waals surface area contributed by atoms with Gasteiger partial charge < -0.3 is 10.5 Å². The van der Waals surface area contributed by atoms with E-state index >= 15 is 0 Å². The van der Waals surface area contributed by atoms with Crippen molar-refractivity contribution in [3.63, 3.8) is 0 Å². The smallest absolute Gasteiger partial charge is 0.306 e. The number of carbonyl (C=O) groups is 1. The molecule has 2 N–H and O–H groups in total. The largest absolute Gasteiger partial charge is 0.469 e. The van der Waals surface area contributed by atoms with E-state index in [1.54, 1.807) is 0 Å². The lowest BCUT2D eigenvalue weighted by Crippen LogP contribution is -2.55. The quantitative estimate of drug-likeness (QED) is 0.748. The van der Waals surface area contributed by atoms with Crippen molar-refractivity contribution in [1.82, 2.24) is 0 Å². The lowest BCUT2D eigenvalue weighted by atomic mass is 9.66. The maximum atomic E-state index is 11.5. The zero-order valence-electron chi connectivity index (χ0n) is 10.7. The molecule has 0 saturated carbocycles. The molecule has 1 aliphatic heterocycles. The Kier molecular flexibility index (Phi) is 3.88. The molecule has 100 valence electrons. The minimum absolute atomic E-state index is 0.102. The molecule has 5 nitrogen and oxygen atoms in total. The molecule has 0 bridgehead atoms. The minimum atomic E-state index is -2.96. The van der Waals surface area contributed by atoms with Gasteiger partial charge in [-0.05, 0) is 26.7 Å². The number of esters is 1. The molecule has 0 aromatic heterocycles. The van der Waals surface area contributed by atoms with Gasteiger partial charge in [0.1, 0.15) is 9.84 Å². The van der Waals surface area contributed by atoms with E-state index < -0.39 is 20.8 Å². The van der Waals surface area contributed by atoms with E-state index in [4.69, 9.17) is 5.73 Å². The zero-order valence-corrected chi connectivity index (χ0v) is 11.5. The topological polar surface area (TPSA) is 86.5 Å². The minimum Gasteiger partial charge on any atom is -0.469 e. The van der Waals surface area contributed by atoms with Gasteiger partial charge in [-0.1, -0.05) is 0 Å². The molecule has 0 amide bonds. The Morgan fingerprint density at radius 1 is 1.35 bits per heavy atom. The van der Waals surface area contributed by atoms with Crippen LogP contribution in [-0.2, 0) is 19.4 Å². The summed E-state index contributed by atoms with van der Waals surface area (Å²) >= 11 is 0. The molecule has 1 aliphatic rings. The van der Waals surface area contributed by atoms with Crippen LogP contribution in [0.25, 0.3) is 0 Å². The summed E-state index contributed by atoms with van der Waals surface area (Å²) in [6, 6.07) is 0. The monoisotopic (exact) mass is 263 g/mol. The van der Waals surface area contributed by atoms with Crippen LogP contribution >= 0.6 is 0 Å². The molecule has 0 aromatic rings. The first-order chi connectivity index (χ1) is 7.62. The van der Waals surface area contributed by atoms with Gasteiger partial charge in [0.25, 0.3) is 0 Å². The van der Waals surface area contributed by atoms with Crippen LogP contribution in [0.1, 0.15) is 33.1 Å². The summed E-state index contributed by atoms with van der Waals surface area (Å²) in [5.41, 5.74) is 5.05. The fourth-order valence-corrected chi connectivity index (χ4v) is 3.93. The Morgan fingerprint density at radius 2 is 1.82 bits per heavy atom. The van der Waals surface area contributed by atoms with E-state index in [0.717, 1.165) is 0 Å². The molecular weight excluding hydrogens is 242 g/mol. The van der Waals surface area contributed by atoms with E-state index in [1.165, 1.54) is 7.11 Å². The number of nitrogens with two attached hydrogens (primary N) is 1. The van der Waals surface area contributed by atoms with Gasteiger partial charge in [0, 0.05) is 11.0 Å². The van der Waals surface area contributed by atoms with E-state index in [1.807, 2.05) is 13.8 Å². The van der Waals surface area contributed by atoms with Crippen LogP contribution in [0.2, 0.25) is 0 Å². The highest BCUT2D eigenvalue weighted by Crippen LogP contribution is 2.44. The molecule has 0 spiro atoms. The standard InChI is InChI=1S/C11H21NO4S/c1-10(2,12)11(8-9(13)16-3)4-6-17(14,15)7-5-11/h4-8,12H2,1-3H3. The van der Waals surface area contributed by atoms with Crippen LogP contribution in [0.15, 0.2) is 0 Å². The van der Waals surface area contributed by atoms with Gasteiger partial charge in [0.15, 0.2) is 0 Å². The Labute approximate surface area is 103 Å². The lowest BCUT2D eigenvalue weighted by Gasteiger charge is -2.46. The van der Waals surface area contributed by atoms with Gasteiger partial charge in [0.05, 0.1) is 25.0 Å². The summed E-state index contributed by atoms with van der Waals surface area (Å²) in [5, 5.41) is 0. The van der Waals surface area contributed by atoms with Gasteiger partial charge >= 0.3 is 5.97 Å².